The van der Waals surface area contributed by atoms with Crippen LogP contribution in [0.1, 0.15) is 16.7 Å². The van der Waals surface area contributed by atoms with E-state index in [-0.39, 0.29) is 0 Å². The second kappa shape index (κ2) is 7.33. The molecule has 0 spiro atoms. The zero-order valence-corrected chi connectivity index (χ0v) is 16.1. The molecule has 0 aromatic heterocycles. The van der Waals surface area contributed by atoms with Gasteiger partial charge in [0.2, 0.25) is 0 Å². The molecular weight excluding hydrogens is 356 g/mol. The van der Waals surface area contributed by atoms with Crippen LogP contribution >= 0.6 is 11.6 Å². The van der Waals surface area contributed by atoms with Crippen LogP contribution in [0.2, 0.25) is 5.02 Å². The summed E-state index contributed by atoms with van der Waals surface area (Å²) in [6.07, 6.45) is 0. The highest BCUT2D eigenvalue weighted by molar-refractivity contribution is 6.30. The Kier molecular flexibility index (Phi) is 4.73. The van der Waals surface area contributed by atoms with Crippen molar-refractivity contribution in [3.8, 4) is 0 Å². The number of hydrazone groups is 1. The maximum absolute atomic E-state index is 6.05. The van der Waals surface area contributed by atoms with Crippen molar-refractivity contribution in [3.63, 3.8) is 0 Å². The molecule has 3 aromatic rings. The van der Waals surface area contributed by atoms with Crippen LogP contribution in [0.3, 0.4) is 0 Å². The van der Waals surface area contributed by atoms with Gasteiger partial charge in [0.05, 0.1) is 11.4 Å². The van der Waals surface area contributed by atoms with E-state index in [9.17, 15) is 0 Å². The molecule has 4 nitrogen and oxygen atoms in total. The standard InChI is InChI=1S/C22H21ClN4/c1-16-3-11-20(12-4-16)26-15-27(21-13-5-17(2)6-14-21)25-22(24-26)18-7-9-19(23)10-8-18/h3-14H,15H2,1-2H3,(H,24,25). The number of nitrogens with zero attached hydrogens (tertiary/aromatic N) is 3. The maximum Gasteiger partial charge on any atom is 0.172 e. The third-order valence-electron chi connectivity index (χ3n) is 4.53. The predicted molar refractivity (Wildman–Crippen MR) is 113 cm³/mol. The Morgan fingerprint density at radius 2 is 1.33 bits per heavy atom. The SMILES string of the molecule is Cc1ccc(N2CN(c3ccc(C)cc3)NC(c3ccc(Cl)cc3)=N2)cc1. The molecule has 5 heteroatoms. The van der Waals surface area contributed by atoms with E-state index in [2.05, 4.69) is 72.8 Å². The quantitative estimate of drug-likeness (QED) is 0.689. The molecule has 0 saturated carbocycles. The fourth-order valence-electron chi connectivity index (χ4n) is 2.93. The lowest BCUT2D eigenvalue weighted by Crippen LogP contribution is -2.53. The zero-order valence-electron chi connectivity index (χ0n) is 15.4. The van der Waals surface area contributed by atoms with Crippen LogP contribution in [0.25, 0.3) is 0 Å². The summed E-state index contributed by atoms with van der Waals surface area (Å²) in [5, 5.41) is 9.63. The first-order valence-electron chi connectivity index (χ1n) is 8.88. The predicted octanol–water partition coefficient (Wildman–Crippen LogP) is 5.11. The first-order valence-corrected chi connectivity index (χ1v) is 9.26. The first kappa shape index (κ1) is 17.4. The van der Waals surface area contributed by atoms with Crippen LogP contribution in [0.4, 0.5) is 11.4 Å². The summed E-state index contributed by atoms with van der Waals surface area (Å²) in [5.74, 6) is 0.777. The van der Waals surface area contributed by atoms with Gasteiger partial charge in [-0.25, -0.2) is 5.01 Å². The molecule has 0 amide bonds. The third-order valence-corrected chi connectivity index (χ3v) is 4.78. The van der Waals surface area contributed by atoms with Gasteiger partial charge >= 0.3 is 0 Å². The number of benzene rings is 3. The van der Waals surface area contributed by atoms with Crippen LogP contribution in [-0.4, -0.2) is 12.5 Å². The smallest absolute Gasteiger partial charge is 0.172 e. The second-order valence-corrected chi connectivity index (χ2v) is 7.14. The van der Waals surface area contributed by atoms with E-state index < -0.39 is 0 Å². The van der Waals surface area contributed by atoms with Gasteiger partial charge in [-0.05, 0) is 62.4 Å². The van der Waals surface area contributed by atoms with Crippen LogP contribution in [0.15, 0.2) is 77.9 Å². The lowest BCUT2D eigenvalue weighted by Gasteiger charge is -2.36. The number of hydrazine groups is 1. The minimum absolute atomic E-state index is 0.600. The Balaban J connectivity index is 1.72. The number of anilines is 2. The molecule has 0 unspecified atom stereocenters. The molecule has 0 aliphatic carbocycles. The van der Waals surface area contributed by atoms with E-state index in [1.165, 1.54) is 11.1 Å². The van der Waals surface area contributed by atoms with Crippen LogP contribution < -0.4 is 15.4 Å². The average molecular weight is 377 g/mol. The lowest BCUT2D eigenvalue weighted by atomic mass is 10.2. The molecule has 136 valence electrons. The van der Waals surface area contributed by atoms with Gasteiger partial charge in [0.25, 0.3) is 0 Å². The van der Waals surface area contributed by atoms with Gasteiger partial charge in [-0.2, -0.15) is 5.10 Å². The van der Waals surface area contributed by atoms with Gasteiger partial charge in [-0.1, -0.05) is 47.0 Å². The average Bonchev–Trinajstić information content (AvgIpc) is 2.69. The van der Waals surface area contributed by atoms with Crippen LogP contribution in [-0.2, 0) is 0 Å². The van der Waals surface area contributed by atoms with Crippen molar-refractivity contribution in [3.05, 3.63) is 94.5 Å². The van der Waals surface area contributed by atoms with Gasteiger partial charge in [-0.15, -0.1) is 0 Å². The molecule has 0 radical (unpaired) electrons. The fraction of sp³-hybridized carbons (Fsp3) is 0.136. The number of aryl methyl sites for hydroxylation is 2. The van der Waals surface area contributed by atoms with Crippen molar-refractivity contribution in [1.29, 1.82) is 0 Å². The highest BCUT2D eigenvalue weighted by Gasteiger charge is 2.21. The Morgan fingerprint density at radius 3 is 1.93 bits per heavy atom. The normalized spacial score (nSPS) is 14.0. The highest BCUT2D eigenvalue weighted by atomic mass is 35.5. The summed E-state index contributed by atoms with van der Waals surface area (Å²) in [7, 11) is 0. The van der Waals surface area contributed by atoms with Crippen molar-refractivity contribution < 1.29 is 0 Å². The minimum Gasteiger partial charge on any atom is -0.278 e. The van der Waals surface area contributed by atoms with Crippen molar-refractivity contribution in [2.75, 3.05) is 16.7 Å². The molecule has 0 fully saturated rings. The number of nitrogens with one attached hydrogen (secondary N) is 1. The summed E-state index contributed by atoms with van der Waals surface area (Å²) >= 11 is 6.05. The van der Waals surface area contributed by atoms with Gasteiger partial charge in [-0.3, -0.25) is 10.4 Å². The third kappa shape index (κ3) is 3.91. The van der Waals surface area contributed by atoms with Gasteiger partial charge in [0.15, 0.2) is 5.84 Å². The molecule has 0 atom stereocenters. The van der Waals surface area contributed by atoms with Gasteiger partial charge in [0, 0.05) is 10.6 Å². The Hall–Kier alpha value is -2.98. The summed E-state index contributed by atoms with van der Waals surface area (Å²) < 4.78 is 0. The number of hydrogen-bond acceptors (Lipinski definition) is 4. The van der Waals surface area contributed by atoms with E-state index >= 15 is 0 Å². The molecule has 1 N–H and O–H groups in total. The van der Waals surface area contributed by atoms with E-state index in [1.807, 2.05) is 29.3 Å². The number of rotatable bonds is 3. The molecule has 4 rings (SSSR count). The topological polar surface area (TPSA) is 30.9 Å². The van der Waals surface area contributed by atoms with E-state index in [4.69, 9.17) is 16.7 Å². The van der Waals surface area contributed by atoms with Crippen molar-refractivity contribution in [2.24, 2.45) is 5.10 Å². The van der Waals surface area contributed by atoms with Crippen molar-refractivity contribution in [2.45, 2.75) is 13.8 Å². The van der Waals surface area contributed by atoms with E-state index in [0.29, 0.717) is 11.7 Å². The van der Waals surface area contributed by atoms with Gasteiger partial charge in [0.1, 0.15) is 6.67 Å². The molecule has 1 heterocycles. The zero-order chi connectivity index (χ0) is 18.8. The minimum atomic E-state index is 0.600. The molecule has 1 aliphatic rings. The van der Waals surface area contributed by atoms with Crippen molar-refractivity contribution >= 4 is 28.8 Å². The second-order valence-electron chi connectivity index (χ2n) is 6.71. The van der Waals surface area contributed by atoms with Crippen LogP contribution in [0.5, 0.6) is 0 Å². The number of halogens is 1. The van der Waals surface area contributed by atoms with Crippen LogP contribution in [0, 0.1) is 13.8 Å². The van der Waals surface area contributed by atoms with Gasteiger partial charge < -0.3 is 0 Å². The summed E-state index contributed by atoms with van der Waals surface area (Å²) in [6.45, 7) is 4.78. The monoisotopic (exact) mass is 376 g/mol. The lowest BCUT2D eigenvalue weighted by molar-refractivity contribution is 0.679. The fourth-order valence-corrected chi connectivity index (χ4v) is 3.06. The molecule has 0 saturated heterocycles. The number of amidine groups is 1. The van der Waals surface area contributed by atoms with E-state index in [1.54, 1.807) is 0 Å². The Labute approximate surface area is 164 Å². The summed E-state index contributed by atoms with van der Waals surface area (Å²) in [5.41, 5.74) is 9.01. The first-order chi connectivity index (χ1) is 13.1. The van der Waals surface area contributed by atoms with E-state index in [0.717, 1.165) is 22.8 Å². The maximum atomic E-state index is 6.05. The molecular formula is C22H21ClN4. The highest BCUT2D eigenvalue weighted by Crippen LogP contribution is 2.23. The molecule has 0 bridgehead atoms. The summed E-state index contributed by atoms with van der Waals surface area (Å²) in [6, 6.07) is 24.5. The Morgan fingerprint density at radius 1 is 0.778 bits per heavy atom. The largest absolute Gasteiger partial charge is 0.278 e. The summed E-state index contributed by atoms with van der Waals surface area (Å²) in [4.78, 5) is 0. The Bertz CT molecular complexity index is 947. The molecule has 27 heavy (non-hydrogen) atoms. The van der Waals surface area contributed by atoms with Crippen molar-refractivity contribution in [1.82, 2.24) is 5.43 Å². The number of hydrogen-bond donors (Lipinski definition) is 1. The molecule has 1 aliphatic heterocycles. The molecule has 3 aromatic carbocycles.